The van der Waals surface area contributed by atoms with Crippen LogP contribution in [0.4, 0.5) is 0 Å². The molecule has 1 saturated carbocycles. The zero-order valence-corrected chi connectivity index (χ0v) is 14.4. The van der Waals surface area contributed by atoms with E-state index in [0.29, 0.717) is 0 Å². The van der Waals surface area contributed by atoms with Crippen LogP contribution >= 0.6 is 0 Å². The standard InChI is InChI=1S/C21H22O3/c1-4-17(22)21-18(23)10-15(11-19(21)24)20-13(3)12(2)9-14-7-5-6-8-16(14)20/h5-9,15,21H,4,10-11H2,1-3H3. The van der Waals surface area contributed by atoms with E-state index in [9.17, 15) is 14.4 Å². The third kappa shape index (κ3) is 2.68. The summed E-state index contributed by atoms with van der Waals surface area (Å²) in [7, 11) is 0. The van der Waals surface area contributed by atoms with Crippen molar-refractivity contribution in [3.8, 4) is 0 Å². The first kappa shape index (κ1) is 16.6. The molecular weight excluding hydrogens is 300 g/mol. The Hall–Kier alpha value is -2.29. The predicted molar refractivity (Wildman–Crippen MR) is 94.2 cm³/mol. The van der Waals surface area contributed by atoms with Crippen molar-refractivity contribution in [2.45, 2.75) is 46.0 Å². The summed E-state index contributed by atoms with van der Waals surface area (Å²) in [4.78, 5) is 36.9. The number of ketones is 3. The first-order chi connectivity index (χ1) is 11.4. The molecule has 1 fully saturated rings. The van der Waals surface area contributed by atoms with Crippen molar-refractivity contribution in [2.24, 2.45) is 5.92 Å². The zero-order chi connectivity index (χ0) is 17.4. The maximum absolute atomic E-state index is 12.5. The second-order valence-corrected chi connectivity index (χ2v) is 6.74. The molecular formula is C21H22O3. The molecule has 2 aromatic carbocycles. The number of fused-ring (bicyclic) bond motifs is 1. The second kappa shape index (κ2) is 6.31. The van der Waals surface area contributed by atoms with E-state index in [1.165, 1.54) is 0 Å². The molecule has 0 aliphatic heterocycles. The van der Waals surface area contributed by atoms with Crippen molar-refractivity contribution >= 4 is 28.1 Å². The topological polar surface area (TPSA) is 51.2 Å². The number of benzene rings is 2. The highest BCUT2D eigenvalue weighted by atomic mass is 16.2. The Morgan fingerprint density at radius 3 is 2.33 bits per heavy atom. The van der Waals surface area contributed by atoms with Crippen LogP contribution in [0.5, 0.6) is 0 Å². The quantitative estimate of drug-likeness (QED) is 0.801. The largest absolute Gasteiger partial charge is 0.298 e. The van der Waals surface area contributed by atoms with E-state index in [4.69, 9.17) is 0 Å². The lowest BCUT2D eigenvalue weighted by molar-refractivity contribution is -0.142. The Morgan fingerprint density at radius 2 is 1.71 bits per heavy atom. The smallest absolute Gasteiger partial charge is 0.151 e. The number of hydrogen-bond acceptors (Lipinski definition) is 3. The van der Waals surface area contributed by atoms with Gasteiger partial charge in [0.05, 0.1) is 0 Å². The van der Waals surface area contributed by atoms with E-state index in [2.05, 4.69) is 32.0 Å². The summed E-state index contributed by atoms with van der Waals surface area (Å²) >= 11 is 0. The molecule has 0 spiro atoms. The molecule has 0 N–H and O–H groups in total. The van der Waals surface area contributed by atoms with E-state index in [0.717, 1.165) is 27.5 Å². The summed E-state index contributed by atoms with van der Waals surface area (Å²) in [6.07, 6.45) is 0.784. The van der Waals surface area contributed by atoms with Crippen LogP contribution in [0.2, 0.25) is 0 Å². The van der Waals surface area contributed by atoms with Crippen LogP contribution in [0.25, 0.3) is 10.8 Å². The van der Waals surface area contributed by atoms with Gasteiger partial charge in [-0.05, 0) is 47.2 Å². The first-order valence-electron chi connectivity index (χ1n) is 8.51. The van der Waals surface area contributed by atoms with E-state index in [1.807, 2.05) is 12.1 Å². The number of carbonyl (C=O) groups is 3. The fourth-order valence-corrected chi connectivity index (χ4v) is 3.89. The normalized spacial score (nSPS) is 21.3. The minimum Gasteiger partial charge on any atom is -0.298 e. The fraction of sp³-hybridized carbons (Fsp3) is 0.381. The summed E-state index contributed by atoms with van der Waals surface area (Å²) < 4.78 is 0. The van der Waals surface area contributed by atoms with Gasteiger partial charge >= 0.3 is 0 Å². The number of carbonyl (C=O) groups excluding carboxylic acids is 3. The highest BCUT2D eigenvalue weighted by Crippen LogP contribution is 2.39. The monoisotopic (exact) mass is 322 g/mol. The molecule has 2 aromatic rings. The lowest BCUT2D eigenvalue weighted by atomic mass is 9.73. The summed E-state index contributed by atoms with van der Waals surface area (Å²) in [5.74, 6) is -1.83. The lowest BCUT2D eigenvalue weighted by Crippen LogP contribution is -2.38. The molecule has 3 nitrogen and oxygen atoms in total. The molecule has 0 saturated heterocycles. The Bertz CT molecular complexity index is 830. The van der Waals surface area contributed by atoms with Crippen molar-refractivity contribution < 1.29 is 14.4 Å². The lowest BCUT2D eigenvalue weighted by Gasteiger charge is -2.28. The van der Waals surface area contributed by atoms with Crippen molar-refractivity contribution in [3.05, 3.63) is 47.0 Å². The number of hydrogen-bond donors (Lipinski definition) is 0. The van der Waals surface area contributed by atoms with Gasteiger partial charge in [0.15, 0.2) is 17.3 Å². The van der Waals surface area contributed by atoms with Crippen LogP contribution < -0.4 is 0 Å². The molecule has 124 valence electrons. The molecule has 0 heterocycles. The van der Waals surface area contributed by atoms with E-state index in [1.54, 1.807) is 6.92 Å². The molecule has 1 aliphatic rings. The fourth-order valence-electron chi connectivity index (χ4n) is 3.89. The van der Waals surface area contributed by atoms with Crippen LogP contribution in [0, 0.1) is 19.8 Å². The molecule has 3 rings (SSSR count). The van der Waals surface area contributed by atoms with Crippen LogP contribution in [0.1, 0.15) is 48.8 Å². The average molecular weight is 322 g/mol. The van der Waals surface area contributed by atoms with Crippen molar-refractivity contribution in [1.82, 2.24) is 0 Å². The van der Waals surface area contributed by atoms with Crippen LogP contribution in [0.15, 0.2) is 30.3 Å². The van der Waals surface area contributed by atoms with E-state index >= 15 is 0 Å². The molecule has 1 aliphatic carbocycles. The minimum absolute atomic E-state index is 0.129. The van der Waals surface area contributed by atoms with E-state index < -0.39 is 5.92 Å². The van der Waals surface area contributed by atoms with Gasteiger partial charge in [0.2, 0.25) is 0 Å². The van der Waals surface area contributed by atoms with Crippen LogP contribution in [-0.2, 0) is 14.4 Å². The Kier molecular flexibility index (Phi) is 4.35. The summed E-state index contributed by atoms with van der Waals surface area (Å²) in [5, 5.41) is 2.23. The molecule has 24 heavy (non-hydrogen) atoms. The van der Waals surface area contributed by atoms with Crippen molar-refractivity contribution in [1.29, 1.82) is 0 Å². The maximum Gasteiger partial charge on any atom is 0.151 e. The van der Waals surface area contributed by atoms with Crippen LogP contribution in [0.3, 0.4) is 0 Å². The Labute approximate surface area is 142 Å². The van der Waals surface area contributed by atoms with Gasteiger partial charge in [-0.2, -0.15) is 0 Å². The van der Waals surface area contributed by atoms with Gasteiger partial charge in [-0.25, -0.2) is 0 Å². The predicted octanol–water partition coefficient (Wildman–Crippen LogP) is 4.07. The van der Waals surface area contributed by atoms with E-state index in [-0.39, 0.29) is 42.5 Å². The number of Topliss-reactive ketones (excluding diaryl/α,β-unsaturated/α-hetero) is 3. The summed E-state index contributed by atoms with van der Waals surface area (Å²) in [5.41, 5.74) is 3.39. The number of aryl methyl sites for hydroxylation is 1. The molecule has 0 amide bonds. The Balaban J connectivity index is 2.07. The SMILES string of the molecule is CCC(=O)C1C(=O)CC(c2c(C)c(C)cc3ccccc23)CC1=O. The van der Waals surface area contributed by atoms with Gasteiger partial charge in [-0.15, -0.1) is 0 Å². The highest BCUT2D eigenvalue weighted by Gasteiger charge is 2.40. The molecule has 0 radical (unpaired) electrons. The second-order valence-electron chi connectivity index (χ2n) is 6.74. The number of rotatable bonds is 3. The molecule has 0 atom stereocenters. The van der Waals surface area contributed by atoms with Gasteiger partial charge in [-0.1, -0.05) is 37.3 Å². The molecule has 3 heteroatoms. The zero-order valence-electron chi connectivity index (χ0n) is 14.4. The molecule has 0 bridgehead atoms. The minimum atomic E-state index is -1.03. The molecule has 0 unspecified atom stereocenters. The summed E-state index contributed by atoms with van der Waals surface area (Å²) in [6.45, 7) is 5.81. The molecule has 0 aromatic heterocycles. The van der Waals surface area contributed by atoms with Crippen LogP contribution in [-0.4, -0.2) is 17.3 Å². The van der Waals surface area contributed by atoms with Gasteiger partial charge in [0.25, 0.3) is 0 Å². The Morgan fingerprint density at radius 1 is 1.08 bits per heavy atom. The van der Waals surface area contributed by atoms with Crippen molar-refractivity contribution in [2.75, 3.05) is 0 Å². The van der Waals surface area contributed by atoms with Crippen molar-refractivity contribution in [3.63, 3.8) is 0 Å². The third-order valence-electron chi connectivity index (χ3n) is 5.24. The van der Waals surface area contributed by atoms with Gasteiger partial charge in [0, 0.05) is 19.3 Å². The highest BCUT2D eigenvalue weighted by molar-refractivity contribution is 6.21. The first-order valence-corrected chi connectivity index (χ1v) is 8.51. The maximum atomic E-state index is 12.5. The van der Waals surface area contributed by atoms with Gasteiger partial charge < -0.3 is 0 Å². The average Bonchev–Trinajstić information content (AvgIpc) is 2.55. The van der Waals surface area contributed by atoms with Gasteiger partial charge in [-0.3, -0.25) is 14.4 Å². The third-order valence-corrected chi connectivity index (χ3v) is 5.24. The van der Waals surface area contributed by atoms with Gasteiger partial charge in [0.1, 0.15) is 5.92 Å². The summed E-state index contributed by atoms with van der Waals surface area (Å²) in [6, 6.07) is 10.2.